The number of hydrogen-bond donors (Lipinski definition) is 0. The van der Waals surface area contributed by atoms with E-state index in [0.717, 1.165) is 0 Å². The highest BCUT2D eigenvalue weighted by molar-refractivity contribution is 7.89. The minimum absolute atomic E-state index is 0.0876. The Bertz CT molecular complexity index is 261. The summed E-state index contributed by atoms with van der Waals surface area (Å²) >= 11 is 0. The minimum Gasteiger partial charge on any atom is -0.212 e. The molecule has 0 atom stereocenters. The third-order valence-electron chi connectivity index (χ3n) is 1.59. The molecule has 0 bridgehead atoms. The van der Waals surface area contributed by atoms with Crippen molar-refractivity contribution in [3.63, 3.8) is 0 Å². The van der Waals surface area contributed by atoms with Gasteiger partial charge >= 0.3 is 6.18 Å². The van der Waals surface area contributed by atoms with Gasteiger partial charge < -0.3 is 0 Å². The molecule has 0 N–H and O–H groups in total. The molecule has 0 heterocycles. The third-order valence-corrected chi connectivity index (χ3v) is 3.41. The monoisotopic (exact) mass is 233 g/mol. The Labute approximate surface area is 81.9 Å². The summed E-state index contributed by atoms with van der Waals surface area (Å²) in [5.41, 5.74) is 0. The van der Waals surface area contributed by atoms with Crippen molar-refractivity contribution < 1.29 is 21.6 Å². The van der Waals surface area contributed by atoms with Crippen LogP contribution >= 0.6 is 0 Å². The fourth-order valence-electron chi connectivity index (χ4n) is 0.948. The number of rotatable bonds is 5. The van der Waals surface area contributed by atoms with Gasteiger partial charge in [-0.3, -0.25) is 0 Å². The lowest BCUT2D eigenvalue weighted by molar-refractivity contribution is -0.136. The summed E-state index contributed by atoms with van der Waals surface area (Å²) in [6.07, 6.45) is -4.10. The first-order valence-electron chi connectivity index (χ1n) is 4.27. The van der Waals surface area contributed by atoms with E-state index in [-0.39, 0.29) is 12.3 Å². The van der Waals surface area contributed by atoms with Crippen LogP contribution in [0.15, 0.2) is 0 Å². The van der Waals surface area contributed by atoms with Crippen LogP contribution < -0.4 is 0 Å². The molecule has 14 heavy (non-hydrogen) atoms. The number of alkyl halides is 3. The van der Waals surface area contributed by atoms with Crippen molar-refractivity contribution in [3.05, 3.63) is 0 Å². The molecule has 0 fully saturated rings. The zero-order chi connectivity index (χ0) is 11.4. The fraction of sp³-hybridized carbons (Fsp3) is 1.00. The van der Waals surface area contributed by atoms with Gasteiger partial charge in [0.15, 0.2) is 0 Å². The average Bonchev–Trinajstić information content (AvgIpc) is 2.01. The Kier molecular flexibility index (Phi) is 4.87. The van der Waals surface area contributed by atoms with Gasteiger partial charge in [0, 0.05) is 6.54 Å². The molecule has 3 nitrogen and oxygen atoms in total. The summed E-state index contributed by atoms with van der Waals surface area (Å²) in [4.78, 5) is 0. The summed E-state index contributed by atoms with van der Waals surface area (Å²) in [6, 6.07) is 0. The van der Waals surface area contributed by atoms with Gasteiger partial charge in [0.1, 0.15) is 6.54 Å². The highest BCUT2D eigenvalue weighted by atomic mass is 32.2. The van der Waals surface area contributed by atoms with Crippen LogP contribution in [0.3, 0.4) is 0 Å². The van der Waals surface area contributed by atoms with Crippen LogP contribution in [-0.2, 0) is 10.0 Å². The first kappa shape index (κ1) is 13.7. The van der Waals surface area contributed by atoms with E-state index in [2.05, 4.69) is 0 Å². The highest BCUT2D eigenvalue weighted by Gasteiger charge is 2.34. The van der Waals surface area contributed by atoms with E-state index in [9.17, 15) is 21.6 Å². The van der Waals surface area contributed by atoms with Crippen LogP contribution in [0.5, 0.6) is 0 Å². The zero-order valence-electron chi connectivity index (χ0n) is 8.13. The van der Waals surface area contributed by atoms with Gasteiger partial charge in [-0.2, -0.15) is 17.5 Å². The lowest BCUT2D eigenvalue weighted by atomic mass is 10.5. The lowest BCUT2D eigenvalue weighted by Crippen LogP contribution is -2.40. The van der Waals surface area contributed by atoms with Crippen molar-refractivity contribution in [1.29, 1.82) is 0 Å². The maximum Gasteiger partial charge on any atom is 0.402 e. The van der Waals surface area contributed by atoms with Crippen LogP contribution in [0.2, 0.25) is 0 Å². The molecule has 0 aromatic rings. The smallest absolute Gasteiger partial charge is 0.212 e. The summed E-state index contributed by atoms with van der Waals surface area (Å²) < 4.78 is 58.8. The maximum absolute atomic E-state index is 12.0. The molecule has 0 unspecified atom stereocenters. The number of hydrogen-bond acceptors (Lipinski definition) is 2. The molecular weight excluding hydrogens is 219 g/mol. The van der Waals surface area contributed by atoms with E-state index in [0.29, 0.717) is 10.7 Å². The molecule has 0 rings (SSSR count). The standard InChI is InChI=1S/C7H14F3NO2S/c1-3-5-11(6-7(8,9)10)14(12,13)4-2/h3-6H2,1-2H3. The topological polar surface area (TPSA) is 37.4 Å². The lowest BCUT2D eigenvalue weighted by Gasteiger charge is -2.21. The van der Waals surface area contributed by atoms with Gasteiger partial charge in [0.2, 0.25) is 10.0 Å². The molecule has 0 aliphatic rings. The van der Waals surface area contributed by atoms with E-state index in [4.69, 9.17) is 0 Å². The molecule has 7 heteroatoms. The molecule has 0 aliphatic heterocycles. The van der Waals surface area contributed by atoms with Crippen LogP contribution in [0.4, 0.5) is 13.2 Å². The summed E-state index contributed by atoms with van der Waals surface area (Å²) in [7, 11) is -3.74. The Hall–Kier alpha value is -0.300. The van der Waals surface area contributed by atoms with Gasteiger partial charge in [-0.1, -0.05) is 6.92 Å². The van der Waals surface area contributed by atoms with Crippen molar-refractivity contribution in [1.82, 2.24) is 4.31 Å². The van der Waals surface area contributed by atoms with Crippen molar-refractivity contribution in [3.8, 4) is 0 Å². The predicted octanol–water partition coefficient (Wildman–Crippen LogP) is 1.61. The Morgan fingerprint density at radius 1 is 1.21 bits per heavy atom. The Morgan fingerprint density at radius 3 is 2.00 bits per heavy atom. The van der Waals surface area contributed by atoms with Crippen LogP contribution in [0.25, 0.3) is 0 Å². The van der Waals surface area contributed by atoms with Gasteiger partial charge in [-0.05, 0) is 13.3 Å². The van der Waals surface area contributed by atoms with E-state index in [1.54, 1.807) is 6.92 Å². The van der Waals surface area contributed by atoms with E-state index >= 15 is 0 Å². The second-order valence-corrected chi connectivity index (χ2v) is 5.11. The molecule has 0 saturated heterocycles. The average molecular weight is 233 g/mol. The van der Waals surface area contributed by atoms with E-state index < -0.39 is 22.7 Å². The highest BCUT2D eigenvalue weighted by Crippen LogP contribution is 2.18. The maximum atomic E-state index is 12.0. The molecule has 0 aliphatic carbocycles. The van der Waals surface area contributed by atoms with Crippen LogP contribution in [0.1, 0.15) is 20.3 Å². The Balaban J connectivity index is 4.62. The first-order valence-corrected chi connectivity index (χ1v) is 5.88. The normalized spacial score (nSPS) is 13.6. The van der Waals surface area contributed by atoms with Crippen molar-refractivity contribution in [2.75, 3.05) is 18.8 Å². The van der Waals surface area contributed by atoms with Crippen molar-refractivity contribution >= 4 is 10.0 Å². The SMILES string of the molecule is CCCN(CC(F)(F)F)S(=O)(=O)CC. The van der Waals surface area contributed by atoms with Gasteiger partial charge in [0.05, 0.1) is 5.75 Å². The summed E-state index contributed by atoms with van der Waals surface area (Å²) in [5, 5.41) is 0. The molecule has 0 amide bonds. The third kappa shape index (κ3) is 4.80. The van der Waals surface area contributed by atoms with E-state index in [1.165, 1.54) is 6.92 Å². The van der Waals surface area contributed by atoms with Crippen molar-refractivity contribution in [2.45, 2.75) is 26.4 Å². The molecule has 86 valence electrons. The second-order valence-electron chi connectivity index (χ2n) is 2.85. The van der Waals surface area contributed by atoms with Gasteiger partial charge in [-0.15, -0.1) is 0 Å². The predicted molar refractivity (Wildman–Crippen MR) is 47.4 cm³/mol. The molecular formula is C7H14F3NO2S. The van der Waals surface area contributed by atoms with Gasteiger partial charge in [0.25, 0.3) is 0 Å². The summed E-state index contributed by atoms with van der Waals surface area (Å²) in [5.74, 6) is -0.303. The van der Waals surface area contributed by atoms with Gasteiger partial charge in [-0.25, -0.2) is 8.42 Å². The quantitative estimate of drug-likeness (QED) is 0.723. The molecule has 0 aromatic heterocycles. The number of sulfonamides is 1. The minimum atomic E-state index is -4.47. The first-order chi connectivity index (χ1) is 6.23. The number of nitrogens with zero attached hydrogens (tertiary/aromatic N) is 1. The molecule has 0 radical (unpaired) electrons. The molecule has 0 saturated carbocycles. The molecule has 0 aromatic carbocycles. The van der Waals surface area contributed by atoms with Crippen LogP contribution in [-0.4, -0.2) is 37.7 Å². The number of halogens is 3. The van der Waals surface area contributed by atoms with Crippen molar-refractivity contribution in [2.24, 2.45) is 0 Å². The summed E-state index contributed by atoms with van der Waals surface area (Å²) in [6.45, 7) is 1.48. The Morgan fingerprint density at radius 2 is 1.71 bits per heavy atom. The van der Waals surface area contributed by atoms with E-state index in [1.807, 2.05) is 0 Å². The zero-order valence-corrected chi connectivity index (χ0v) is 8.95. The second kappa shape index (κ2) is 4.97. The fourth-order valence-corrected chi connectivity index (χ4v) is 2.12. The molecule has 0 spiro atoms. The van der Waals surface area contributed by atoms with Crippen LogP contribution in [0, 0.1) is 0 Å². The largest absolute Gasteiger partial charge is 0.402 e.